The molecule has 3 heteroatoms. The standard InChI is InChI=1S/C12H24N2O/c1-9(2)8-11(13)12(15)14-6-4-10(3)5-7-14/h9-11H,4-8,13H2,1-3H3/t11-/m0/s1. The van der Waals surface area contributed by atoms with E-state index in [1.54, 1.807) is 0 Å². The zero-order chi connectivity index (χ0) is 11.4. The van der Waals surface area contributed by atoms with Crippen molar-refractivity contribution in [3.63, 3.8) is 0 Å². The number of rotatable bonds is 3. The topological polar surface area (TPSA) is 46.3 Å². The molecule has 2 N–H and O–H groups in total. The summed E-state index contributed by atoms with van der Waals surface area (Å²) >= 11 is 0. The summed E-state index contributed by atoms with van der Waals surface area (Å²) in [6.07, 6.45) is 3.05. The third-order valence-corrected chi connectivity index (χ3v) is 3.14. The molecule has 0 bridgehead atoms. The Morgan fingerprint density at radius 3 is 2.40 bits per heavy atom. The Bertz CT molecular complexity index is 208. The minimum absolute atomic E-state index is 0.149. The zero-order valence-corrected chi connectivity index (χ0v) is 10.2. The highest BCUT2D eigenvalue weighted by Gasteiger charge is 2.24. The smallest absolute Gasteiger partial charge is 0.239 e. The predicted molar refractivity (Wildman–Crippen MR) is 62.4 cm³/mol. The molecule has 0 unspecified atom stereocenters. The van der Waals surface area contributed by atoms with Gasteiger partial charge in [-0.3, -0.25) is 4.79 Å². The van der Waals surface area contributed by atoms with Crippen molar-refractivity contribution in [2.45, 2.75) is 46.1 Å². The van der Waals surface area contributed by atoms with Gasteiger partial charge in [0, 0.05) is 13.1 Å². The second-order valence-corrected chi connectivity index (χ2v) is 5.24. The lowest BCUT2D eigenvalue weighted by molar-refractivity contribution is -0.134. The minimum Gasteiger partial charge on any atom is -0.341 e. The van der Waals surface area contributed by atoms with Gasteiger partial charge in [0.15, 0.2) is 0 Å². The lowest BCUT2D eigenvalue weighted by Gasteiger charge is -2.32. The molecule has 0 aromatic carbocycles. The van der Waals surface area contributed by atoms with Gasteiger partial charge >= 0.3 is 0 Å². The number of likely N-dealkylation sites (tertiary alicyclic amines) is 1. The van der Waals surface area contributed by atoms with Gasteiger partial charge < -0.3 is 10.6 Å². The summed E-state index contributed by atoms with van der Waals surface area (Å²) in [5.74, 6) is 1.40. The molecule has 3 nitrogen and oxygen atoms in total. The van der Waals surface area contributed by atoms with Crippen LogP contribution in [0.2, 0.25) is 0 Å². The molecule has 0 saturated carbocycles. The van der Waals surface area contributed by atoms with E-state index in [0.29, 0.717) is 5.92 Å². The third kappa shape index (κ3) is 3.82. The van der Waals surface area contributed by atoms with E-state index in [-0.39, 0.29) is 11.9 Å². The largest absolute Gasteiger partial charge is 0.341 e. The molecule has 88 valence electrons. The van der Waals surface area contributed by atoms with Gasteiger partial charge in [-0.2, -0.15) is 0 Å². The fraction of sp³-hybridized carbons (Fsp3) is 0.917. The SMILES string of the molecule is CC(C)C[C@H](N)C(=O)N1CCC(C)CC1. The third-order valence-electron chi connectivity index (χ3n) is 3.14. The van der Waals surface area contributed by atoms with Crippen LogP contribution in [-0.2, 0) is 4.79 Å². The molecule has 1 rings (SSSR count). The number of carbonyl (C=O) groups is 1. The van der Waals surface area contributed by atoms with E-state index < -0.39 is 0 Å². The normalized spacial score (nSPS) is 20.7. The van der Waals surface area contributed by atoms with E-state index in [1.807, 2.05) is 4.90 Å². The van der Waals surface area contributed by atoms with E-state index in [1.165, 1.54) is 0 Å². The van der Waals surface area contributed by atoms with Crippen molar-refractivity contribution in [1.82, 2.24) is 4.90 Å². The van der Waals surface area contributed by atoms with Crippen LogP contribution in [0.3, 0.4) is 0 Å². The van der Waals surface area contributed by atoms with E-state index in [0.717, 1.165) is 38.3 Å². The summed E-state index contributed by atoms with van der Waals surface area (Å²) in [6, 6.07) is -0.293. The molecule has 0 spiro atoms. The molecule has 0 radical (unpaired) electrons. The molecule has 0 aromatic rings. The fourth-order valence-electron chi connectivity index (χ4n) is 2.07. The van der Waals surface area contributed by atoms with Crippen LogP contribution in [0.4, 0.5) is 0 Å². The van der Waals surface area contributed by atoms with Gasteiger partial charge in [0.1, 0.15) is 0 Å². The monoisotopic (exact) mass is 212 g/mol. The van der Waals surface area contributed by atoms with Gasteiger partial charge in [0.05, 0.1) is 6.04 Å². The van der Waals surface area contributed by atoms with Crippen molar-refractivity contribution in [3.8, 4) is 0 Å². The Hall–Kier alpha value is -0.570. The quantitative estimate of drug-likeness (QED) is 0.772. The molecule has 1 heterocycles. The molecular weight excluding hydrogens is 188 g/mol. The van der Waals surface area contributed by atoms with Crippen molar-refractivity contribution >= 4 is 5.91 Å². The van der Waals surface area contributed by atoms with Crippen molar-refractivity contribution in [2.75, 3.05) is 13.1 Å². The van der Waals surface area contributed by atoms with Crippen LogP contribution in [0.15, 0.2) is 0 Å². The molecule has 0 aromatic heterocycles. The molecule has 1 aliphatic rings. The van der Waals surface area contributed by atoms with E-state index in [9.17, 15) is 4.79 Å². The van der Waals surface area contributed by atoms with Gasteiger partial charge in [-0.15, -0.1) is 0 Å². The maximum Gasteiger partial charge on any atom is 0.239 e. The van der Waals surface area contributed by atoms with Crippen LogP contribution in [0, 0.1) is 11.8 Å². The molecule has 1 atom stereocenters. The maximum absolute atomic E-state index is 11.9. The molecule has 15 heavy (non-hydrogen) atoms. The van der Waals surface area contributed by atoms with Crippen LogP contribution in [0.25, 0.3) is 0 Å². The van der Waals surface area contributed by atoms with Crippen molar-refractivity contribution in [2.24, 2.45) is 17.6 Å². The second-order valence-electron chi connectivity index (χ2n) is 5.24. The highest BCUT2D eigenvalue weighted by molar-refractivity contribution is 5.81. The van der Waals surface area contributed by atoms with Crippen LogP contribution < -0.4 is 5.73 Å². The Kier molecular flexibility index (Phi) is 4.58. The molecular formula is C12H24N2O. The maximum atomic E-state index is 11.9. The van der Waals surface area contributed by atoms with Gasteiger partial charge in [0.25, 0.3) is 0 Å². The van der Waals surface area contributed by atoms with Crippen molar-refractivity contribution in [1.29, 1.82) is 0 Å². The first-order chi connectivity index (χ1) is 7.00. The lowest BCUT2D eigenvalue weighted by atomic mass is 9.97. The van der Waals surface area contributed by atoms with Crippen LogP contribution in [0.1, 0.15) is 40.0 Å². The molecule has 1 saturated heterocycles. The molecule has 1 fully saturated rings. The number of nitrogens with zero attached hydrogens (tertiary/aromatic N) is 1. The summed E-state index contributed by atoms with van der Waals surface area (Å²) in [5.41, 5.74) is 5.89. The molecule has 0 aliphatic carbocycles. The van der Waals surface area contributed by atoms with Gasteiger partial charge in [-0.25, -0.2) is 0 Å². The second kappa shape index (κ2) is 5.50. The van der Waals surface area contributed by atoms with Gasteiger partial charge in [-0.05, 0) is 31.1 Å². The summed E-state index contributed by atoms with van der Waals surface area (Å²) in [5, 5.41) is 0. The van der Waals surface area contributed by atoms with Gasteiger partial charge in [-0.1, -0.05) is 20.8 Å². The average molecular weight is 212 g/mol. The summed E-state index contributed by atoms with van der Waals surface area (Å²) in [4.78, 5) is 13.9. The Morgan fingerprint density at radius 1 is 1.40 bits per heavy atom. The number of piperidine rings is 1. The number of nitrogens with two attached hydrogens (primary N) is 1. The highest BCUT2D eigenvalue weighted by atomic mass is 16.2. The average Bonchev–Trinajstić information content (AvgIpc) is 2.17. The molecule has 1 amide bonds. The van der Waals surface area contributed by atoms with Crippen LogP contribution >= 0.6 is 0 Å². The van der Waals surface area contributed by atoms with E-state index in [4.69, 9.17) is 5.73 Å². The minimum atomic E-state index is -0.293. The Balaban J connectivity index is 2.39. The summed E-state index contributed by atoms with van der Waals surface area (Å²) in [6.45, 7) is 8.24. The van der Waals surface area contributed by atoms with Crippen LogP contribution in [0.5, 0.6) is 0 Å². The number of carbonyl (C=O) groups excluding carboxylic acids is 1. The van der Waals surface area contributed by atoms with E-state index >= 15 is 0 Å². The van der Waals surface area contributed by atoms with Gasteiger partial charge in [0.2, 0.25) is 5.91 Å². The van der Waals surface area contributed by atoms with Crippen molar-refractivity contribution < 1.29 is 4.79 Å². The first-order valence-electron chi connectivity index (χ1n) is 6.05. The predicted octanol–water partition coefficient (Wildman–Crippen LogP) is 1.62. The highest BCUT2D eigenvalue weighted by Crippen LogP contribution is 2.17. The summed E-state index contributed by atoms with van der Waals surface area (Å²) in [7, 11) is 0. The van der Waals surface area contributed by atoms with E-state index in [2.05, 4.69) is 20.8 Å². The Labute approximate surface area is 93.0 Å². The van der Waals surface area contributed by atoms with Crippen LogP contribution in [-0.4, -0.2) is 29.9 Å². The number of amides is 1. The number of hydrogen-bond donors (Lipinski definition) is 1. The van der Waals surface area contributed by atoms with Crippen molar-refractivity contribution in [3.05, 3.63) is 0 Å². The lowest BCUT2D eigenvalue weighted by Crippen LogP contribution is -2.47. The summed E-state index contributed by atoms with van der Waals surface area (Å²) < 4.78 is 0. The first kappa shape index (κ1) is 12.5. The zero-order valence-electron chi connectivity index (χ0n) is 10.2. The fourth-order valence-corrected chi connectivity index (χ4v) is 2.07. The molecule has 1 aliphatic heterocycles. The Morgan fingerprint density at radius 2 is 1.93 bits per heavy atom. The first-order valence-corrected chi connectivity index (χ1v) is 6.05. The number of hydrogen-bond acceptors (Lipinski definition) is 2.